The van der Waals surface area contributed by atoms with Gasteiger partial charge in [-0.05, 0) is 17.7 Å². The number of hydrogen-bond donors (Lipinski definition) is 1. The molecule has 0 fully saturated rings. The second-order valence-corrected chi connectivity index (χ2v) is 8.14. The molecule has 3 rings (SSSR count). The maximum atomic E-state index is 12.5. The first-order chi connectivity index (χ1) is 15.1. The van der Waals surface area contributed by atoms with Crippen LogP contribution in [0.15, 0.2) is 59.5 Å². The SMILES string of the molecule is COC(=O)C(COCc1ccccc1)NC(=O)CCN1C(=O)CCSc2ccccc21. The summed E-state index contributed by atoms with van der Waals surface area (Å²) in [6.07, 6.45) is 0.482. The third-order valence-corrected chi connectivity index (χ3v) is 5.87. The van der Waals surface area contributed by atoms with Crippen LogP contribution >= 0.6 is 11.8 Å². The van der Waals surface area contributed by atoms with Crippen molar-refractivity contribution in [3.63, 3.8) is 0 Å². The summed E-state index contributed by atoms with van der Waals surface area (Å²) in [4.78, 5) is 39.8. The minimum Gasteiger partial charge on any atom is -0.467 e. The van der Waals surface area contributed by atoms with Gasteiger partial charge in [0.25, 0.3) is 0 Å². The summed E-state index contributed by atoms with van der Waals surface area (Å²) in [5.41, 5.74) is 1.78. The lowest BCUT2D eigenvalue weighted by Gasteiger charge is -2.23. The second-order valence-electron chi connectivity index (χ2n) is 7.01. The highest BCUT2D eigenvalue weighted by atomic mass is 32.2. The van der Waals surface area contributed by atoms with Crippen molar-refractivity contribution in [1.29, 1.82) is 0 Å². The molecule has 0 aromatic heterocycles. The number of carbonyl (C=O) groups excluding carboxylic acids is 3. The van der Waals surface area contributed by atoms with E-state index >= 15 is 0 Å². The Kier molecular flexibility index (Phi) is 8.49. The van der Waals surface area contributed by atoms with Crippen LogP contribution in [0.2, 0.25) is 0 Å². The lowest BCUT2D eigenvalue weighted by Crippen LogP contribution is -2.45. The van der Waals surface area contributed by atoms with Crippen LogP contribution in [0.3, 0.4) is 0 Å². The molecule has 0 bridgehead atoms. The molecule has 0 aliphatic carbocycles. The Hall–Kier alpha value is -2.84. The number of carbonyl (C=O) groups is 3. The maximum absolute atomic E-state index is 12.5. The summed E-state index contributed by atoms with van der Waals surface area (Å²) in [5, 5.41) is 2.67. The minimum atomic E-state index is -0.913. The van der Waals surface area contributed by atoms with E-state index in [-0.39, 0.29) is 31.4 Å². The van der Waals surface area contributed by atoms with Crippen molar-refractivity contribution in [2.24, 2.45) is 0 Å². The number of rotatable bonds is 9. The smallest absolute Gasteiger partial charge is 0.330 e. The first-order valence-electron chi connectivity index (χ1n) is 10.1. The van der Waals surface area contributed by atoms with Gasteiger partial charge in [-0.1, -0.05) is 42.5 Å². The molecule has 0 spiro atoms. The Labute approximate surface area is 186 Å². The van der Waals surface area contributed by atoms with Gasteiger partial charge in [0.05, 0.1) is 26.0 Å². The number of anilines is 1. The maximum Gasteiger partial charge on any atom is 0.330 e. The molecule has 0 radical (unpaired) electrons. The first kappa shape index (κ1) is 22.8. The van der Waals surface area contributed by atoms with Crippen LogP contribution in [0.25, 0.3) is 0 Å². The van der Waals surface area contributed by atoms with E-state index in [9.17, 15) is 14.4 Å². The Morgan fingerprint density at radius 1 is 1.13 bits per heavy atom. The van der Waals surface area contributed by atoms with Gasteiger partial charge in [0.15, 0.2) is 6.04 Å². The summed E-state index contributed by atoms with van der Waals surface area (Å²) < 4.78 is 10.4. The van der Waals surface area contributed by atoms with E-state index in [4.69, 9.17) is 9.47 Å². The van der Waals surface area contributed by atoms with Crippen LogP contribution in [0, 0.1) is 0 Å². The monoisotopic (exact) mass is 442 g/mol. The Morgan fingerprint density at radius 3 is 2.65 bits per heavy atom. The number of nitrogens with zero attached hydrogens (tertiary/aromatic N) is 1. The van der Waals surface area contributed by atoms with E-state index < -0.39 is 12.0 Å². The van der Waals surface area contributed by atoms with Gasteiger partial charge in [0.2, 0.25) is 11.8 Å². The Morgan fingerprint density at radius 2 is 1.87 bits per heavy atom. The zero-order valence-electron chi connectivity index (χ0n) is 17.4. The van der Waals surface area contributed by atoms with Crippen molar-refractivity contribution < 1.29 is 23.9 Å². The highest BCUT2D eigenvalue weighted by Crippen LogP contribution is 2.33. The third kappa shape index (κ3) is 6.57. The lowest BCUT2D eigenvalue weighted by atomic mass is 10.2. The van der Waals surface area contributed by atoms with E-state index in [1.54, 1.807) is 16.7 Å². The number of fused-ring (bicyclic) bond motifs is 1. The topological polar surface area (TPSA) is 84.9 Å². The van der Waals surface area contributed by atoms with Gasteiger partial charge in [-0.15, -0.1) is 11.8 Å². The van der Waals surface area contributed by atoms with Crippen LogP contribution in [0.5, 0.6) is 0 Å². The number of amides is 2. The summed E-state index contributed by atoms with van der Waals surface area (Å²) >= 11 is 1.64. The number of nitrogens with one attached hydrogen (secondary N) is 1. The van der Waals surface area contributed by atoms with Crippen molar-refractivity contribution in [1.82, 2.24) is 5.32 Å². The second kappa shape index (κ2) is 11.5. The highest BCUT2D eigenvalue weighted by Gasteiger charge is 2.25. The van der Waals surface area contributed by atoms with Crippen LogP contribution in [0.1, 0.15) is 18.4 Å². The predicted octanol–water partition coefficient (Wildman–Crippen LogP) is 2.78. The third-order valence-electron chi connectivity index (χ3n) is 4.81. The molecule has 1 N–H and O–H groups in total. The molecule has 7 nitrogen and oxygen atoms in total. The van der Waals surface area contributed by atoms with Gasteiger partial charge in [-0.25, -0.2) is 4.79 Å². The molecule has 31 heavy (non-hydrogen) atoms. The molecule has 1 aliphatic heterocycles. The molecular formula is C23H26N2O5S. The standard InChI is InChI=1S/C23H26N2O5S/c1-29-23(28)18(16-30-15-17-7-3-2-4-8-17)24-21(26)11-13-25-19-9-5-6-10-20(19)31-14-12-22(25)27/h2-10,18H,11-16H2,1H3,(H,24,26). The van der Waals surface area contributed by atoms with E-state index in [0.29, 0.717) is 18.8 Å². The van der Waals surface area contributed by atoms with E-state index in [2.05, 4.69) is 5.32 Å². The number of hydrogen-bond acceptors (Lipinski definition) is 6. The molecule has 1 unspecified atom stereocenters. The zero-order chi connectivity index (χ0) is 22.1. The van der Waals surface area contributed by atoms with Gasteiger partial charge in [-0.3, -0.25) is 9.59 Å². The Balaban J connectivity index is 1.55. The normalized spacial score (nSPS) is 14.4. The molecule has 8 heteroatoms. The van der Waals surface area contributed by atoms with Crippen LogP contribution in [-0.2, 0) is 30.5 Å². The molecular weight excluding hydrogens is 416 g/mol. The Bertz CT molecular complexity index is 906. The first-order valence-corrected chi connectivity index (χ1v) is 11.1. The van der Waals surface area contributed by atoms with Crippen molar-refractivity contribution in [2.45, 2.75) is 30.4 Å². The van der Waals surface area contributed by atoms with Crippen molar-refractivity contribution in [2.75, 3.05) is 30.9 Å². The molecule has 1 heterocycles. The fourth-order valence-electron chi connectivity index (χ4n) is 3.22. The van der Waals surface area contributed by atoms with Gasteiger partial charge >= 0.3 is 5.97 Å². The number of benzene rings is 2. The van der Waals surface area contributed by atoms with Crippen molar-refractivity contribution in [3.05, 3.63) is 60.2 Å². The molecule has 2 amide bonds. The summed E-state index contributed by atoms with van der Waals surface area (Å²) in [7, 11) is 1.27. The number of ether oxygens (including phenoxy) is 2. The van der Waals surface area contributed by atoms with Gasteiger partial charge in [-0.2, -0.15) is 0 Å². The lowest BCUT2D eigenvalue weighted by molar-refractivity contribution is -0.147. The highest BCUT2D eigenvalue weighted by molar-refractivity contribution is 7.99. The number of thioether (sulfide) groups is 1. The van der Waals surface area contributed by atoms with Crippen LogP contribution in [0.4, 0.5) is 5.69 Å². The summed E-state index contributed by atoms with van der Waals surface area (Å²) in [6, 6.07) is 16.3. The van der Waals surface area contributed by atoms with E-state index in [0.717, 1.165) is 16.1 Å². The average molecular weight is 443 g/mol. The quantitative estimate of drug-likeness (QED) is 0.601. The summed E-state index contributed by atoms with van der Waals surface area (Å²) in [6.45, 7) is 0.553. The molecule has 2 aromatic rings. The number of methoxy groups -OCH3 is 1. The molecule has 1 atom stereocenters. The van der Waals surface area contributed by atoms with Gasteiger partial charge in [0.1, 0.15) is 0 Å². The minimum absolute atomic E-state index is 0.00454. The molecule has 1 aliphatic rings. The fraction of sp³-hybridized carbons (Fsp3) is 0.348. The molecule has 0 saturated carbocycles. The van der Waals surface area contributed by atoms with Crippen LogP contribution in [-0.4, -0.2) is 49.8 Å². The zero-order valence-corrected chi connectivity index (χ0v) is 18.2. The summed E-state index contributed by atoms with van der Waals surface area (Å²) in [5.74, 6) is -0.224. The van der Waals surface area contributed by atoms with Gasteiger partial charge < -0.3 is 19.7 Å². The number of esters is 1. The van der Waals surface area contributed by atoms with Crippen molar-refractivity contribution in [3.8, 4) is 0 Å². The van der Waals surface area contributed by atoms with Crippen molar-refractivity contribution >= 4 is 35.2 Å². The average Bonchev–Trinajstić information content (AvgIpc) is 2.95. The molecule has 0 saturated heterocycles. The van der Waals surface area contributed by atoms with E-state index in [1.165, 1.54) is 7.11 Å². The fourth-order valence-corrected chi connectivity index (χ4v) is 4.22. The van der Waals surface area contributed by atoms with Crippen LogP contribution < -0.4 is 10.2 Å². The van der Waals surface area contributed by atoms with Gasteiger partial charge in [0, 0.05) is 30.0 Å². The largest absolute Gasteiger partial charge is 0.467 e. The number of para-hydroxylation sites is 1. The predicted molar refractivity (Wildman–Crippen MR) is 119 cm³/mol. The molecule has 164 valence electrons. The van der Waals surface area contributed by atoms with E-state index in [1.807, 2.05) is 54.6 Å². The molecule has 2 aromatic carbocycles.